The van der Waals surface area contributed by atoms with Crippen LogP contribution in [0.1, 0.15) is 82.7 Å². The minimum atomic E-state index is -0.589. The third-order valence-corrected chi connectivity index (χ3v) is 8.59. The molecule has 1 N–H and O–H groups in total. The van der Waals surface area contributed by atoms with Crippen LogP contribution in [-0.2, 0) is 55.0 Å². The summed E-state index contributed by atoms with van der Waals surface area (Å²) >= 11 is 3.27. The molecule has 1 aromatic carbocycles. The van der Waals surface area contributed by atoms with E-state index in [0.29, 0.717) is 34.7 Å². The van der Waals surface area contributed by atoms with Gasteiger partial charge in [-0.05, 0) is 55.5 Å². The molecule has 55 heavy (non-hydrogen) atoms. The van der Waals surface area contributed by atoms with Crippen molar-refractivity contribution >= 4 is 45.8 Å². The number of rotatable bonds is 17. The van der Waals surface area contributed by atoms with E-state index in [1.165, 1.54) is 45.8 Å². The molecule has 0 bridgehead atoms. The third kappa shape index (κ3) is 14.2. The zero-order chi connectivity index (χ0) is 41.1. The van der Waals surface area contributed by atoms with Crippen molar-refractivity contribution in [1.82, 2.24) is 34.0 Å². The summed E-state index contributed by atoms with van der Waals surface area (Å²) in [6.07, 6.45) is 9.36. The summed E-state index contributed by atoms with van der Waals surface area (Å²) in [6, 6.07) is 7.93. The molecule has 0 spiro atoms. The van der Waals surface area contributed by atoms with Gasteiger partial charge < -0.3 is 45.1 Å². The van der Waals surface area contributed by atoms with Crippen molar-refractivity contribution in [2.24, 2.45) is 21.1 Å². The zero-order valence-corrected chi connectivity index (χ0v) is 33.3. The molecule has 300 valence electrons. The number of unbranched alkanes of at least 4 members (excludes halogenated alkanes) is 4. The van der Waals surface area contributed by atoms with E-state index in [2.05, 4.69) is 57.0 Å². The van der Waals surface area contributed by atoms with Crippen LogP contribution in [0.4, 0.5) is 22.6 Å². The van der Waals surface area contributed by atoms with E-state index in [4.69, 9.17) is 9.47 Å². The number of halogens is 1. The molecule has 3 heterocycles. The van der Waals surface area contributed by atoms with Crippen LogP contribution in [0.3, 0.4) is 0 Å². The number of nitro groups is 3. The van der Waals surface area contributed by atoms with Gasteiger partial charge in [0.05, 0.1) is 21.1 Å². The quantitative estimate of drug-likeness (QED) is 0.0487. The van der Waals surface area contributed by atoms with Crippen LogP contribution in [0.15, 0.2) is 41.3 Å². The number of benzene rings is 1. The van der Waals surface area contributed by atoms with Crippen LogP contribution < -0.4 is 5.32 Å². The topological polar surface area (TPSA) is 248 Å². The lowest BCUT2D eigenvalue weighted by molar-refractivity contribution is -0.396. The van der Waals surface area contributed by atoms with Gasteiger partial charge in [-0.15, -0.1) is 0 Å². The molecular formula is C34H47BrN10O10. The molecule has 21 heteroatoms. The minimum Gasteiger partial charge on any atom is -0.458 e. The molecule has 0 aliphatic rings. The second-order valence-electron chi connectivity index (χ2n) is 12.0. The van der Waals surface area contributed by atoms with Crippen molar-refractivity contribution in [1.29, 1.82) is 0 Å². The molecular weight excluding hydrogens is 788 g/mol. The Bertz CT molecular complexity index is 1890. The zero-order valence-electron chi connectivity index (χ0n) is 31.7. The molecule has 0 unspecified atom stereocenters. The van der Waals surface area contributed by atoms with Gasteiger partial charge in [0, 0.05) is 18.5 Å². The molecule has 0 aliphatic carbocycles. The summed E-state index contributed by atoms with van der Waals surface area (Å²) in [4.78, 5) is 64.2. The van der Waals surface area contributed by atoms with E-state index in [-0.39, 0.29) is 37.0 Å². The van der Waals surface area contributed by atoms with Gasteiger partial charge in [-0.1, -0.05) is 85.7 Å². The number of aromatic nitrogens is 6. The summed E-state index contributed by atoms with van der Waals surface area (Å²) < 4.78 is 14.5. The van der Waals surface area contributed by atoms with E-state index in [0.717, 1.165) is 50.5 Å². The molecule has 0 fully saturated rings. The Morgan fingerprint density at radius 1 is 0.745 bits per heavy atom. The van der Waals surface area contributed by atoms with Crippen LogP contribution in [0.25, 0.3) is 11.3 Å². The second-order valence-corrected chi connectivity index (χ2v) is 12.7. The highest BCUT2D eigenvalue weighted by atomic mass is 79.9. The Hall–Kier alpha value is -5.73. The monoisotopic (exact) mass is 834 g/mol. The van der Waals surface area contributed by atoms with E-state index >= 15 is 0 Å². The summed E-state index contributed by atoms with van der Waals surface area (Å²) in [6.45, 7) is 6.75. The summed E-state index contributed by atoms with van der Waals surface area (Å²) in [5, 5.41) is 34.6. The number of hydrogen-bond acceptors (Lipinski definition) is 13. The predicted molar refractivity (Wildman–Crippen MR) is 204 cm³/mol. The molecule has 0 aliphatic heterocycles. The number of amides is 1. The first kappa shape index (κ1) is 45.4. The normalized spacial score (nSPS) is 10.4. The smallest absolute Gasteiger partial charge is 0.436 e. The molecule has 0 radical (unpaired) electrons. The summed E-state index contributed by atoms with van der Waals surface area (Å²) in [5.41, 5.74) is 3.82. The molecule has 4 rings (SSSR count). The summed E-state index contributed by atoms with van der Waals surface area (Å²) in [5.74, 6) is -0.988. The summed E-state index contributed by atoms with van der Waals surface area (Å²) in [7, 11) is 4.66. The van der Waals surface area contributed by atoms with Crippen molar-refractivity contribution < 1.29 is 33.8 Å². The molecule has 0 saturated heterocycles. The van der Waals surface area contributed by atoms with Gasteiger partial charge in [0.15, 0.2) is 23.7 Å². The number of nitrogens with one attached hydrogen (secondary N) is 1. The lowest BCUT2D eigenvalue weighted by atomic mass is 10.1. The van der Waals surface area contributed by atoms with Crippen molar-refractivity contribution in [2.75, 3.05) is 6.54 Å². The molecule has 0 atom stereocenters. The van der Waals surface area contributed by atoms with E-state index in [1.54, 1.807) is 7.05 Å². The number of nitrogens with zero attached hydrogens (tertiary/aromatic N) is 9. The van der Waals surface area contributed by atoms with Crippen LogP contribution in [0.5, 0.6) is 0 Å². The molecule has 4 aromatic rings. The maximum atomic E-state index is 11.4. The average molecular weight is 836 g/mol. The number of hydrogen-bond donors (Lipinski definition) is 1. The molecule has 3 aromatic heterocycles. The first-order valence-electron chi connectivity index (χ1n) is 17.5. The highest BCUT2D eigenvalue weighted by Crippen LogP contribution is 2.31. The Morgan fingerprint density at radius 2 is 1.25 bits per heavy atom. The third-order valence-electron chi connectivity index (χ3n) is 8.04. The largest absolute Gasteiger partial charge is 0.458 e. The van der Waals surface area contributed by atoms with Crippen LogP contribution in [0, 0.1) is 30.3 Å². The van der Waals surface area contributed by atoms with E-state index in [1.807, 2.05) is 24.3 Å². The Balaban J connectivity index is 0.000000285. The Kier molecular flexibility index (Phi) is 19.1. The SMILES string of the molecule is CCCCCC(=O)OCc1cnc([N+](=O)[O-])n1C.CCCCCNC(=O)OCc1cnc([N+](=O)[O-])n1C.CCc1ccc(-c2c(Br)nc([N+](=O)[O-])n2C)cc1. The van der Waals surface area contributed by atoms with Gasteiger partial charge in [0.2, 0.25) is 4.60 Å². The Labute approximate surface area is 325 Å². The molecule has 0 saturated carbocycles. The number of aryl methyl sites for hydroxylation is 1. The van der Waals surface area contributed by atoms with Gasteiger partial charge in [-0.3, -0.25) is 4.79 Å². The van der Waals surface area contributed by atoms with Crippen LogP contribution in [-0.4, -0.2) is 62.0 Å². The van der Waals surface area contributed by atoms with Crippen molar-refractivity contribution in [3.63, 3.8) is 0 Å². The van der Waals surface area contributed by atoms with Crippen molar-refractivity contribution in [2.45, 2.75) is 85.4 Å². The minimum absolute atomic E-state index is 0.0162. The van der Waals surface area contributed by atoms with Crippen LogP contribution in [0.2, 0.25) is 0 Å². The van der Waals surface area contributed by atoms with Gasteiger partial charge in [0.25, 0.3) is 0 Å². The van der Waals surface area contributed by atoms with E-state index < -0.39 is 20.9 Å². The lowest BCUT2D eigenvalue weighted by Gasteiger charge is -2.05. The van der Waals surface area contributed by atoms with Gasteiger partial charge in [-0.25, -0.2) is 18.5 Å². The fraction of sp³-hybridized carbons (Fsp3) is 0.500. The number of carbonyl (C=O) groups is 2. The maximum Gasteiger partial charge on any atom is 0.436 e. The van der Waals surface area contributed by atoms with Gasteiger partial charge in [0.1, 0.15) is 19.0 Å². The highest BCUT2D eigenvalue weighted by molar-refractivity contribution is 9.10. The fourth-order valence-corrected chi connectivity index (χ4v) is 5.46. The van der Waals surface area contributed by atoms with Gasteiger partial charge in [-0.2, -0.15) is 0 Å². The first-order chi connectivity index (χ1) is 26.2. The van der Waals surface area contributed by atoms with Crippen molar-refractivity contribution in [3.05, 3.63) is 88.6 Å². The molecule has 1 amide bonds. The van der Waals surface area contributed by atoms with Crippen LogP contribution >= 0.6 is 15.9 Å². The van der Waals surface area contributed by atoms with Crippen molar-refractivity contribution in [3.8, 4) is 11.3 Å². The predicted octanol–water partition coefficient (Wildman–Crippen LogP) is 7.02. The van der Waals surface area contributed by atoms with Gasteiger partial charge >= 0.3 is 29.9 Å². The number of carbonyl (C=O) groups excluding carboxylic acids is 2. The fourth-order valence-electron chi connectivity index (χ4n) is 4.81. The standard InChI is InChI=1S/C12H12BrN3O2.C11H18N4O4.C11H17N3O4/c1-3-8-4-6-9(7-5-8)10-11(13)14-12(15(10)2)16(17)18;1-3-4-5-6-12-11(16)19-8-9-7-13-10(14(9)2)15(17)18;1-3-4-5-6-10(15)18-8-9-7-12-11(13(9)2)14(16)17/h4-7H,3H2,1-2H3;7H,3-6,8H2,1-2H3,(H,12,16);7H,3-6,8H2,1-2H3. The average Bonchev–Trinajstić information content (AvgIpc) is 3.82. The highest BCUT2D eigenvalue weighted by Gasteiger charge is 2.24. The number of alkyl carbamates (subject to hydrolysis) is 1. The molecule has 20 nitrogen and oxygen atoms in total. The second kappa shape index (κ2) is 23.1. The Morgan fingerprint density at radius 3 is 1.71 bits per heavy atom. The number of esters is 1. The first-order valence-corrected chi connectivity index (χ1v) is 18.3. The maximum absolute atomic E-state index is 11.4. The number of imidazole rings is 3. The number of ether oxygens (including phenoxy) is 2. The lowest BCUT2D eigenvalue weighted by Crippen LogP contribution is -2.25. The van der Waals surface area contributed by atoms with E-state index in [9.17, 15) is 39.9 Å².